The van der Waals surface area contributed by atoms with E-state index in [-0.39, 0.29) is 0 Å². The van der Waals surface area contributed by atoms with Crippen LogP contribution in [0, 0.1) is 11.8 Å². The van der Waals surface area contributed by atoms with Crippen molar-refractivity contribution in [2.45, 2.75) is 32.5 Å². The minimum Gasteiger partial charge on any atom is -0.375 e. The molecule has 64 valence electrons. The van der Waals surface area contributed by atoms with E-state index >= 15 is 0 Å². The molecule has 1 unspecified atom stereocenters. The van der Waals surface area contributed by atoms with E-state index in [4.69, 9.17) is 9.47 Å². The second kappa shape index (κ2) is 2.76. The van der Waals surface area contributed by atoms with Crippen molar-refractivity contribution in [1.82, 2.24) is 0 Å². The number of ether oxygens (including phenoxy) is 2. The van der Waals surface area contributed by atoms with E-state index in [0.29, 0.717) is 24.0 Å². The van der Waals surface area contributed by atoms with E-state index in [1.54, 1.807) is 0 Å². The Hall–Kier alpha value is -0.0800. The maximum atomic E-state index is 5.63. The molecule has 2 aliphatic rings. The summed E-state index contributed by atoms with van der Waals surface area (Å²) < 4.78 is 11.3. The van der Waals surface area contributed by atoms with Gasteiger partial charge in [-0.3, -0.25) is 0 Å². The van der Waals surface area contributed by atoms with Crippen LogP contribution in [-0.2, 0) is 9.47 Å². The number of hydrogen-bond donors (Lipinski definition) is 0. The van der Waals surface area contributed by atoms with Crippen molar-refractivity contribution in [3.63, 3.8) is 0 Å². The van der Waals surface area contributed by atoms with Crippen molar-refractivity contribution in [2.75, 3.05) is 13.2 Å². The van der Waals surface area contributed by atoms with Gasteiger partial charge in [-0.2, -0.15) is 0 Å². The minimum absolute atomic E-state index is 0.412. The third-order valence-electron chi connectivity index (χ3n) is 2.86. The lowest BCUT2D eigenvalue weighted by Gasteiger charge is -2.18. The minimum atomic E-state index is 0.412. The first-order valence-corrected chi connectivity index (χ1v) is 4.52. The van der Waals surface area contributed by atoms with Crippen molar-refractivity contribution >= 4 is 0 Å². The molecular formula is C9H16O2. The molecule has 2 rings (SSSR count). The molecule has 0 amide bonds. The van der Waals surface area contributed by atoms with Crippen LogP contribution in [0.25, 0.3) is 0 Å². The smallest absolute Gasteiger partial charge is 0.0890 e. The maximum absolute atomic E-state index is 5.63. The first kappa shape index (κ1) is 7.56. The lowest BCUT2D eigenvalue weighted by Crippen LogP contribution is -2.26. The Balaban J connectivity index is 2.03. The van der Waals surface area contributed by atoms with Crippen molar-refractivity contribution < 1.29 is 9.47 Å². The van der Waals surface area contributed by atoms with Gasteiger partial charge >= 0.3 is 0 Å². The third-order valence-corrected chi connectivity index (χ3v) is 2.86. The fraction of sp³-hybridized carbons (Fsp3) is 1.00. The third kappa shape index (κ3) is 1.18. The van der Waals surface area contributed by atoms with E-state index < -0.39 is 0 Å². The summed E-state index contributed by atoms with van der Waals surface area (Å²) in [7, 11) is 0. The second-order valence-electron chi connectivity index (χ2n) is 3.90. The Morgan fingerprint density at radius 1 is 1.27 bits per heavy atom. The van der Waals surface area contributed by atoms with Crippen LogP contribution in [-0.4, -0.2) is 25.4 Å². The first-order valence-electron chi connectivity index (χ1n) is 4.52. The van der Waals surface area contributed by atoms with Crippen LogP contribution >= 0.6 is 0 Å². The molecule has 0 N–H and O–H groups in total. The van der Waals surface area contributed by atoms with E-state index in [2.05, 4.69) is 13.8 Å². The topological polar surface area (TPSA) is 18.5 Å². The van der Waals surface area contributed by atoms with Gasteiger partial charge in [0.05, 0.1) is 18.8 Å². The van der Waals surface area contributed by atoms with Gasteiger partial charge in [-0.1, -0.05) is 13.8 Å². The molecule has 2 saturated heterocycles. The summed E-state index contributed by atoms with van der Waals surface area (Å²) in [6, 6.07) is 0. The Morgan fingerprint density at radius 2 is 2.09 bits per heavy atom. The van der Waals surface area contributed by atoms with Gasteiger partial charge in [-0.15, -0.1) is 0 Å². The summed E-state index contributed by atoms with van der Waals surface area (Å²) in [5.74, 6) is 1.34. The largest absolute Gasteiger partial charge is 0.375 e. The van der Waals surface area contributed by atoms with Crippen LogP contribution in [0.4, 0.5) is 0 Å². The molecular weight excluding hydrogens is 140 g/mol. The molecule has 2 nitrogen and oxygen atoms in total. The lowest BCUT2D eigenvalue weighted by molar-refractivity contribution is 0.0551. The summed E-state index contributed by atoms with van der Waals surface area (Å²) in [6.45, 7) is 6.31. The maximum Gasteiger partial charge on any atom is 0.0890 e. The molecule has 0 aromatic heterocycles. The highest BCUT2D eigenvalue weighted by Gasteiger charge is 2.42. The zero-order valence-corrected chi connectivity index (χ0v) is 7.25. The second-order valence-corrected chi connectivity index (χ2v) is 3.90. The molecule has 0 aliphatic carbocycles. The molecule has 0 spiro atoms. The van der Waals surface area contributed by atoms with Gasteiger partial charge in [0.2, 0.25) is 0 Å². The summed E-state index contributed by atoms with van der Waals surface area (Å²) >= 11 is 0. The van der Waals surface area contributed by atoms with Crippen molar-refractivity contribution in [3.05, 3.63) is 0 Å². The standard InChI is InChI=1S/C9H16O2/c1-6(2)7-5-11-8-3-4-10-9(7)8/h6-9H,3-5H2,1-2H3/t7-,8+,9?/m0/s1. The average Bonchev–Trinajstić information content (AvgIpc) is 2.41. The highest BCUT2D eigenvalue weighted by atomic mass is 16.6. The fourth-order valence-electron chi connectivity index (χ4n) is 2.07. The first-order chi connectivity index (χ1) is 5.29. The average molecular weight is 156 g/mol. The SMILES string of the molecule is CC(C)[C@@H]1CO[C@@H]2CCOC12. The van der Waals surface area contributed by atoms with Crippen molar-refractivity contribution in [2.24, 2.45) is 11.8 Å². The van der Waals surface area contributed by atoms with Crippen LogP contribution in [0.15, 0.2) is 0 Å². The molecule has 0 bridgehead atoms. The molecule has 0 aromatic rings. The number of rotatable bonds is 1. The van der Waals surface area contributed by atoms with Gasteiger partial charge in [-0.25, -0.2) is 0 Å². The van der Waals surface area contributed by atoms with Crippen LogP contribution in [0.1, 0.15) is 20.3 Å². The van der Waals surface area contributed by atoms with Crippen molar-refractivity contribution in [1.29, 1.82) is 0 Å². The molecule has 11 heavy (non-hydrogen) atoms. The molecule has 2 heteroatoms. The van der Waals surface area contributed by atoms with E-state index in [1.807, 2.05) is 0 Å². The van der Waals surface area contributed by atoms with Gasteiger partial charge in [0.15, 0.2) is 0 Å². The van der Waals surface area contributed by atoms with Crippen LogP contribution < -0.4 is 0 Å². The van der Waals surface area contributed by atoms with Gasteiger partial charge in [0.25, 0.3) is 0 Å². The quantitative estimate of drug-likeness (QED) is 0.572. The normalized spacial score (nSPS) is 43.4. The summed E-state index contributed by atoms with van der Waals surface area (Å²) in [5, 5.41) is 0. The van der Waals surface area contributed by atoms with Gasteiger partial charge < -0.3 is 9.47 Å². The molecule has 0 radical (unpaired) electrons. The number of fused-ring (bicyclic) bond motifs is 1. The molecule has 3 atom stereocenters. The molecule has 0 aromatic carbocycles. The van der Waals surface area contributed by atoms with Gasteiger partial charge in [0.1, 0.15) is 0 Å². The predicted molar refractivity (Wildman–Crippen MR) is 42.4 cm³/mol. The Labute approximate surface area is 67.9 Å². The zero-order chi connectivity index (χ0) is 7.84. The molecule has 2 aliphatic heterocycles. The summed E-state index contributed by atoms with van der Waals surface area (Å²) in [5.41, 5.74) is 0. The monoisotopic (exact) mass is 156 g/mol. The Morgan fingerprint density at radius 3 is 2.82 bits per heavy atom. The lowest BCUT2D eigenvalue weighted by atomic mass is 9.91. The van der Waals surface area contributed by atoms with E-state index in [0.717, 1.165) is 19.6 Å². The summed E-state index contributed by atoms with van der Waals surface area (Å²) in [4.78, 5) is 0. The number of hydrogen-bond acceptors (Lipinski definition) is 2. The Kier molecular flexibility index (Phi) is 1.90. The van der Waals surface area contributed by atoms with Crippen LogP contribution in [0.3, 0.4) is 0 Å². The molecule has 2 heterocycles. The summed E-state index contributed by atoms with van der Waals surface area (Å²) in [6.07, 6.45) is 1.94. The van der Waals surface area contributed by atoms with Crippen LogP contribution in [0.2, 0.25) is 0 Å². The zero-order valence-electron chi connectivity index (χ0n) is 7.25. The van der Waals surface area contributed by atoms with Gasteiger partial charge in [-0.05, 0) is 12.3 Å². The van der Waals surface area contributed by atoms with E-state index in [1.165, 1.54) is 0 Å². The Bertz CT molecular complexity index is 144. The van der Waals surface area contributed by atoms with Crippen LogP contribution in [0.5, 0.6) is 0 Å². The molecule has 2 fully saturated rings. The highest BCUT2D eigenvalue weighted by molar-refractivity contribution is 4.89. The van der Waals surface area contributed by atoms with E-state index in [9.17, 15) is 0 Å². The fourth-order valence-corrected chi connectivity index (χ4v) is 2.07. The van der Waals surface area contributed by atoms with Gasteiger partial charge in [0, 0.05) is 12.5 Å². The predicted octanol–water partition coefficient (Wildman–Crippen LogP) is 1.45. The highest BCUT2D eigenvalue weighted by Crippen LogP contribution is 2.34. The molecule has 0 saturated carbocycles. The van der Waals surface area contributed by atoms with Crippen molar-refractivity contribution in [3.8, 4) is 0 Å².